The van der Waals surface area contributed by atoms with Gasteiger partial charge in [-0.2, -0.15) is 0 Å². The van der Waals surface area contributed by atoms with Crippen LogP contribution in [0.4, 0.5) is 4.39 Å². The van der Waals surface area contributed by atoms with Crippen LogP contribution in [0.25, 0.3) is 0 Å². The molecule has 3 rings (SSSR count). The summed E-state index contributed by atoms with van der Waals surface area (Å²) in [7, 11) is 0. The van der Waals surface area contributed by atoms with Crippen LogP contribution in [0.1, 0.15) is 5.56 Å². The Bertz CT molecular complexity index is 450. The number of carbonyl (C=O) groups is 1. The van der Waals surface area contributed by atoms with E-state index >= 15 is 0 Å². The van der Waals surface area contributed by atoms with E-state index in [0.717, 1.165) is 25.2 Å². The van der Waals surface area contributed by atoms with Gasteiger partial charge in [0.1, 0.15) is 5.82 Å². The second-order valence-electron chi connectivity index (χ2n) is 5.02. The molecule has 2 unspecified atom stereocenters. The molecule has 0 radical (unpaired) electrons. The van der Waals surface area contributed by atoms with E-state index in [4.69, 9.17) is 5.11 Å². The van der Waals surface area contributed by atoms with Crippen LogP contribution < -0.4 is 0 Å². The quantitative estimate of drug-likeness (QED) is 0.864. The molecule has 0 bridgehead atoms. The topological polar surface area (TPSA) is 40.5 Å². The van der Waals surface area contributed by atoms with Gasteiger partial charge in [-0.15, -0.1) is 0 Å². The Labute approximate surface area is 98.9 Å². The molecular weight excluding hydrogens is 221 g/mol. The molecule has 4 heteroatoms. The summed E-state index contributed by atoms with van der Waals surface area (Å²) in [5.74, 6) is -0.360. The maximum atomic E-state index is 13.0. The molecule has 90 valence electrons. The average Bonchev–Trinajstić information content (AvgIpc) is 2.77. The Hall–Kier alpha value is -1.42. The molecular formula is C13H14FNO2. The maximum absolute atomic E-state index is 13.0. The first-order chi connectivity index (χ1) is 8.15. The van der Waals surface area contributed by atoms with Crippen molar-refractivity contribution in [3.63, 3.8) is 0 Å². The van der Waals surface area contributed by atoms with E-state index in [1.165, 1.54) is 6.07 Å². The van der Waals surface area contributed by atoms with Crippen molar-refractivity contribution in [2.75, 3.05) is 13.1 Å². The lowest BCUT2D eigenvalue weighted by molar-refractivity contribution is -0.139. The lowest BCUT2D eigenvalue weighted by Gasteiger charge is -2.18. The molecule has 3 nitrogen and oxygen atoms in total. The van der Waals surface area contributed by atoms with Crippen LogP contribution in [0.5, 0.6) is 0 Å². The molecule has 2 fully saturated rings. The molecule has 2 aliphatic rings. The molecule has 1 aliphatic carbocycles. The second kappa shape index (κ2) is 3.81. The number of aliphatic carboxylic acids is 1. The number of hydrogen-bond acceptors (Lipinski definition) is 2. The highest BCUT2D eigenvalue weighted by Gasteiger charge is 2.59. The van der Waals surface area contributed by atoms with Gasteiger partial charge in [0, 0.05) is 19.6 Å². The Morgan fingerprint density at radius 2 is 2.12 bits per heavy atom. The molecule has 1 N–H and O–H groups in total. The van der Waals surface area contributed by atoms with Crippen LogP contribution in [0.2, 0.25) is 0 Å². The Morgan fingerprint density at radius 3 is 2.71 bits per heavy atom. The van der Waals surface area contributed by atoms with Crippen molar-refractivity contribution in [3.05, 3.63) is 35.6 Å². The predicted molar refractivity (Wildman–Crippen MR) is 59.8 cm³/mol. The first kappa shape index (κ1) is 10.7. The third kappa shape index (κ3) is 1.93. The highest BCUT2D eigenvalue weighted by molar-refractivity contribution is 5.74. The summed E-state index contributed by atoms with van der Waals surface area (Å²) in [5.41, 5.74) is 0.957. The van der Waals surface area contributed by atoms with Crippen molar-refractivity contribution < 1.29 is 14.3 Å². The largest absolute Gasteiger partial charge is 0.481 e. The van der Waals surface area contributed by atoms with Crippen LogP contribution >= 0.6 is 0 Å². The number of benzene rings is 1. The number of fused-ring (bicyclic) bond motifs is 1. The molecule has 1 aliphatic heterocycles. The zero-order valence-corrected chi connectivity index (χ0v) is 9.34. The molecule has 17 heavy (non-hydrogen) atoms. The highest BCUT2D eigenvalue weighted by Crippen LogP contribution is 2.51. The van der Waals surface area contributed by atoms with Crippen LogP contribution in [0, 0.1) is 23.6 Å². The third-order valence-corrected chi connectivity index (χ3v) is 3.85. The summed E-state index contributed by atoms with van der Waals surface area (Å²) in [6.45, 7) is 2.38. The minimum absolute atomic E-state index is 0.126. The number of nitrogens with zero attached hydrogens (tertiary/aromatic N) is 1. The first-order valence-electron chi connectivity index (χ1n) is 5.85. The fourth-order valence-electron chi connectivity index (χ4n) is 3.00. The van der Waals surface area contributed by atoms with Gasteiger partial charge < -0.3 is 5.11 Å². The molecule has 0 spiro atoms. The number of carboxylic acid groups (broad SMARTS) is 1. The molecule has 1 saturated heterocycles. The van der Waals surface area contributed by atoms with Gasteiger partial charge in [0.25, 0.3) is 0 Å². The normalized spacial score (nSPS) is 31.2. The monoisotopic (exact) mass is 235 g/mol. The van der Waals surface area contributed by atoms with Crippen molar-refractivity contribution in [2.24, 2.45) is 17.8 Å². The van der Waals surface area contributed by atoms with Gasteiger partial charge >= 0.3 is 5.97 Å². The first-order valence-corrected chi connectivity index (χ1v) is 5.85. The Morgan fingerprint density at radius 1 is 1.41 bits per heavy atom. The molecule has 1 aromatic carbocycles. The van der Waals surface area contributed by atoms with Crippen molar-refractivity contribution in [2.45, 2.75) is 6.54 Å². The number of carboxylic acids is 1. The lowest BCUT2D eigenvalue weighted by atomic mass is 10.2. The van der Waals surface area contributed by atoms with Crippen molar-refractivity contribution in [3.8, 4) is 0 Å². The number of rotatable bonds is 3. The minimum Gasteiger partial charge on any atom is -0.481 e. The third-order valence-electron chi connectivity index (χ3n) is 3.85. The Balaban J connectivity index is 1.58. The lowest BCUT2D eigenvalue weighted by Crippen LogP contribution is -2.25. The van der Waals surface area contributed by atoms with Crippen LogP contribution in [0.3, 0.4) is 0 Å². The van der Waals surface area contributed by atoms with E-state index < -0.39 is 5.97 Å². The molecule has 1 heterocycles. The van der Waals surface area contributed by atoms with E-state index in [1.807, 2.05) is 6.07 Å². The second-order valence-corrected chi connectivity index (χ2v) is 5.02. The summed E-state index contributed by atoms with van der Waals surface area (Å²) in [6, 6.07) is 6.59. The smallest absolute Gasteiger partial charge is 0.307 e. The zero-order chi connectivity index (χ0) is 12.0. The highest BCUT2D eigenvalue weighted by atomic mass is 19.1. The number of likely N-dealkylation sites (tertiary alicyclic amines) is 1. The minimum atomic E-state index is -0.662. The summed E-state index contributed by atoms with van der Waals surface area (Å²) in [6.07, 6.45) is 0. The fraction of sp³-hybridized carbons (Fsp3) is 0.462. The van der Waals surface area contributed by atoms with Gasteiger partial charge in [0.2, 0.25) is 0 Å². The standard InChI is InChI=1S/C13H14FNO2/c14-9-3-1-2-8(4-9)5-15-6-10-11(7-15)12(10)13(16)17/h1-4,10-12H,5-7H2,(H,16,17). The van der Waals surface area contributed by atoms with Gasteiger partial charge in [-0.3, -0.25) is 9.69 Å². The molecule has 0 aromatic heterocycles. The zero-order valence-electron chi connectivity index (χ0n) is 9.34. The van der Waals surface area contributed by atoms with E-state index in [-0.39, 0.29) is 11.7 Å². The van der Waals surface area contributed by atoms with Crippen LogP contribution in [-0.4, -0.2) is 29.1 Å². The molecule has 1 aromatic rings. The number of hydrogen-bond donors (Lipinski definition) is 1. The van der Waals surface area contributed by atoms with Crippen molar-refractivity contribution >= 4 is 5.97 Å². The molecule has 2 atom stereocenters. The summed E-state index contributed by atoms with van der Waals surface area (Å²) >= 11 is 0. The number of halogens is 1. The average molecular weight is 235 g/mol. The molecule has 0 amide bonds. The molecule has 1 saturated carbocycles. The van der Waals surface area contributed by atoms with Crippen molar-refractivity contribution in [1.29, 1.82) is 0 Å². The van der Waals surface area contributed by atoms with E-state index in [1.54, 1.807) is 12.1 Å². The van der Waals surface area contributed by atoms with E-state index in [2.05, 4.69) is 4.90 Å². The number of piperidine rings is 1. The Kier molecular flexibility index (Phi) is 2.40. The van der Waals surface area contributed by atoms with Crippen molar-refractivity contribution in [1.82, 2.24) is 4.90 Å². The van der Waals surface area contributed by atoms with Gasteiger partial charge in [0.15, 0.2) is 0 Å². The van der Waals surface area contributed by atoms with E-state index in [0.29, 0.717) is 11.8 Å². The van der Waals surface area contributed by atoms with Crippen LogP contribution in [-0.2, 0) is 11.3 Å². The maximum Gasteiger partial charge on any atom is 0.307 e. The SMILES string of the molecule is O=C(O)C1C2CN(Cc3cccc(F)c3)CC21. The fourth-order valence-corrected chi connectivity index (χ4v) is 3.00. The van der Waals surface area contributed by atoms with E-state index in [9.17, 15) is 9.18 Å². The van der Waals surface area contributed by atoms with Crippen LogP contribution in [0.15, 0.2) is 24.3 Å². The predicted octanol–water partition coefficient (Wildman–Crippen LogP) is 1.59. The van der Waals surface area contributed by atoms with Gasteiger partial charge in [0.05, 0.1) is 5.92 Å². The summed E-state index contributed by atoms with van der Waals surface area (Å²) < 4.78 is 13.0. The van der Waals surface area contributed by atoms with Gasteiger partial charge in [-0.05, 0) is 29.5 Å². The summed E-state index contributed by atoms with van der Waals surface area (Å²) in [4.78, 5) is 13.0. The summed E-state index contributed by atoms with van der Waals surface area (Å²) in [5, 5.41) is 8.90. The van der Waals surface area contributed by atoms with Gasteiger partial charge in [-0.25, -0.2) is 4.39 Å². The van der Waals surface area contributed by atoms with Gasteiger partial charge in [-0.1, -0.05) is 12.1 Å².